The molecule has 0 radical (unpaired) electrons. The summed E-state index contributed by atoms with van der Waals surface area (Å²) in [6.45, 7) is 5.26. The fraction of sp³-hybridized carbons (Fsp3) is 0.214. The first-order valence-corrected chi connectivity index (χ1v) is 11.1. The van der Waals surface area contributed by atoms with Crippen LogP contribution in [0.2, 0.25) is 0 Å². The fourth-order valence-electron chi connectivity index (χ4n) is 4.69. The lowest BCUT2D eigenvalue weighted by Crippen LogP contribution is -2.37. The summed E-state index contributed by atoms with van der Waals surface area (Å²) < 4.78 is 5.57. The third-order valence-corrected chi connectivity index (χ3v) is 6.63. The number of carbonyl (C=O) groups is 2. The maximum atomic E-state index is 13.9. The van der Waals surface area contributed by atoms with Crippen LogP contribution in [0.5, 0.6) is 5.75 Å². The van der Waals surface area contributed by atoms with E-state index < -0.39 is 0 Å². The molecule has 33 heavy (non-hydrogen) atoms. The molecule has 0 fully saturated rings. The van der Waals surface area contributed by atoms with E-state index in [4.69, 9.17) is 4.74 Å². The average Bonchev–Trinajstić information content (AvgIpc) is 3.10. The normalized spacial score (nSPS) is 15.8. The second-order valence-corrected chi connectivity index (χ2v) is 8.58. The molecule has 0 N–H and O–H groups in total. The topological polar surface area (TPSA) is 49.9 Å². The summed E-state index contributed by atoms with van der Waals surface area (Å²) in [6, 6.07) is 21.4. The molecule has 5 heteroatoms. The van der Waals surface area contributed by atoms with Crippen molar-refractivity contribution in [2.24, 2.45) is 0 Å². The Bertz CT molecular complexity index is 1310. The van der Waals surface area contributed by atoms with E-state index in [0.717, 1.165) is 17.5 Å². The van der Waals surface area contributed by atoms with Crippen molar-refractivity contribution >= 4 is 23.1 Å². The van der Waals surface area contributed by atoms with Gasteiger partial charge in [-0.25, -0.2) is 4.90 Å². The molecular formula is C28H26N2O3. The van der Waals surface area contributed by atoms with Crippen LogP contribution in [0.1, 0.15) is 27.8 Å². The first kappa shape index (κ1) is 21.0. The highest BCUT2D eigenvalue weighted by Crippen LogP contribution is 2.39. The number of amides is 2. The van der Waals surface area contributed by atoms with Gasteiger partial charge in [0.1, 0.15) is 11.4 Å². The lowest BCUT2D eigenvalue weighted by Gasteiger charge is -2.31. The Morgan fingerprint density at radius 1 is 0.818 bits per heavy atom. The number of carbonyl (C=O) groups excluding carboxylic acids is 2. The molecule has 5 nitrogen and oxygen atoms in total. The van der Waals surface area contributed by atoms with Crippen LogP contribution in [-0.4, -0.2) is 30.4 Å². The van der Waals surface area contributed by atoms with Gasteiger partial charge in [0, 0.05) is 18.7 Å². The van der Waals surface area contributed by atoms with Crippen molar-refractivity contribution in [3.63, 3.8) is 0 Å². The van der Waals surface area contributed by atoms with Crippen molar-refractivity contribution in [1.29, 1.82) is 0 Å². The van der Waals surface area contributed by atoms with Gasteiger partial charge in [0.15, 0.2) is 0 Å². The number of ether oxygens (including phenoxy) is 1. The standard InChI is InChI=1S/C28H26N2O3/c1-18-12-13-22(16-19(18)2)30-27(31)25(23-10-6-7-11-24(23)33-3)26(28(30)32)29-15-14-20-8-4-5-9-21(20)17-29/h4-13,16H,14-15,17H2,1-3H3. The van der Waals surface area contributed by atoms with Crippen LogP contribution >= 0.6 is 0 Å². The monoisotopic (exact) mass is 438 g/mol. The molecule has 0 aliphatic carbocycles. The zero-order chi connectivity index (χ0) is 23.1. The second-order valence-electron chi connectivity index (χ2n) is 8.58. The molecule has 2 aliphatic rings. The van der Waals surface area contributed by atoms with Gasteiger partial charge in [-0.05, 0) is 60.7 Å². The predicted molar refractivity (Wildman–Crippen MR) is 129 cm³/mol. The van der Waals surface area contributed by atoms with Crippen LogP contribution in [0.15, 0.2) is 72.4 Å². The van der Waals surface area contributed by atoms with E-state index in [9.17, 15) is 9.59 Å². The molecule has 3 aromatic carbocycles. The highest BCUT2D eigenvalue weighted by atomic mass is 16.5. The average molecular weight is 439 g/mol. The van der Waals surface area contributed by atoms with Gasteiger partial charge in [0.05, 0.1) is 18.4 Å². The van der Waals surface area contributed by atoms with Crippen LogP contribution in [0.25, 0.3) is 5.57 Å². The highest BCUT2D eigenvalue weighted by molar-refractivity contribution is 6.45. The van der Waals surface area contributed by atoms with Gasteiger partial charge < -0.3 is 9.64 Å². The quantitative estimate of drug-likeness (QED) is 0.556. The van der Waals surface area contributed by atoms with E-state index in [2.05, 4.69) is 12.1 Å². The van der Waals surface area contributed by atoms with E-state index >= 15 is 0 Å². The zero-order valence-electron chi connectivity index (χ0n) is 19.1. The van der Waals surface area contributed by atoms with Crippen molar-refractivity contribution < 1.29 is 14.3 Å². The number of methoxy groups -OCH3 is 1. The Balaban J connectivity index is 1.66. The number of imide groups is 1. The van der Waals surface area contributed by atoms with E-state index in [1.165, 1.54) is 16.0 Å². The van der Waals surface area contributed by atoms with Crippen LogP contribution in [0, 0.1) is 13.8 Å². The van der Waals surface area contributed by atoms with E-state index in [0.29, 0.717) is 41.4 Å². The Morgan fingerprint density at radius 2 is 1.55 bits per heavy atom. The number of benzene rings is 3. The van der Waals surface area contributed by atoms with E-state index in [-0.39, 0.29) is 11.8 Å². The number of nitrogens with zero attached hydrogens (tertiary/aromatic N) is 2. The lowest BCUT2D eigenvalue weighted by molar-refractivity contribution is -0.120. The van der Waals surface area contributed by atoms with Crippen LogP contribution < -0.4 is 9.64 Å². The predicted octanol–water partition coefficient (Wildman–Crippen LogP) is 4.65. The Kier molecular flexibility index (Phi) is 5.25. The van der Waals surface area contributed by atoms with E-state index in [1.54, 1.807) is 7.11 Å². The summed E-state index contributed by atoms with van der Waals surface area (Å²) in [5.41, 5.74) is 6.69. The minimum Gasteiger partial charge on any atom is -0.496 e. The van der Waals surface area contributed by atoms with Gasteiger partial charge in [0.25, 0.3) is 11.8 Å². The summed E-state index contributed by atoms with van der Waals surface area (Å²) in [6.07, 6.45) is 0.823. The molecule has 3 aromatic rings. The first-order chi connectivity index (χ1) is 16.0. The highest BCUT2D eigenvalue weighted by Gasteiger charge is 2.43. The third-order valence-electron chi connectivity index (χ3n) is 6.63. The number of para-hydroxylation sites is 1. The number of rotatable bonds is 4. The molecule has 0 saturated heterocycles. The SMILES string of the molecule is COc1ccccc1C1=C(N2CCc3ccccc3C2)C(=O)N(c2ccc(C)c(C)c2)C1=O. The summed E-state index contributed by atoms with van der Waals surface area (Å²) in [4.78, 5) is 31.1. The van der Waals surface area contributed by atoms with Crippen molar-refractivity contribution in [3.8, 4) is 5.75 Å². The van der Waals surface area contributed by atoms with Crippen LogP contribution in [0.4, 0.5) is 5.69 Å². The van der Waals surface area contributed by atoms with Gasteiger partial charge in [-0.1, -0.05) is 48.5 Å². The van der Waals surface area contributed by atoms with Crippen LogP contribution in [-0.2, 0) is 22.6 Å². The van der Waals surface area contributed by atoms with Gasteiger partial charge >= 0.3 is 0 Å². The Morgan fingerprint density at radius 3 is 2.30 bits per heavy atom. The lowest BCUT2D eigenvalue weighted by atomic mass is 9.97. The maximum absolute atomic E-state index is 13.9. The van der Waals surface area contributed by atoms with Crippen molar-refractivity contribution in [1.82, 2.24) is 4.90 Å². The largest absolute Gasteiger partial charge is 0.496 e. The Labute approximate surface area is 193 Å². The number of anilines is 1. The summed E-state index contributed by atoms with van der Waals surface area (Å²) >= 11 is 0. The summed E-state index contributed by atoms with van der Waals surface area (Å²) in [5, 5.41) is 0. The molecule has 0 spiro atoms. The Hall–Kier alpha value is -3.86. The van der Waals surface area contributed by atoms with Gasteiger partial charge in [-0.3, -0.25) is 9.59 Å². The molecule has 0 bridgehead atoms. The molecule has 0 aromatic heterocycles. The van der Waals surface area contributed by atoms with Crippen molar-refractivity contribution in [2.75, 3.05) is 18.6 Å². The number of hydrogen-bond acceptors (Lipinski definition) is 4. The number of fused-ring (bicyclic) bond motifs is 1. The molecule has 166 valence electrons. The third kappa shape index (κ3) is 3.50. The van der Waals surface area contributed by atoms with Crippen LogP contribution in [0.3, 0.4) is 0 Å². The molecule has 2 aliphatic heterocycles. The second kappa shape index (κ2) is 8.24. The zero-order valence-corrected chi connectivity index (χ0v) is 19.1. The summed E-state index contributed by atoms with van der Waals surface area (Å²) in [5.74, 6) is -0.0318. The minimum absolute atomic E-state index is 0.288. The van der Waals surface area contributed by atoms with Gasteiger partial charge in [0.2, 0.25) is 0 Å². The summed E-state index contributed by atoms with van der Waals surface area (Å²) in [7, 11) is 1.58. The molecule has 0 saturated carbocycles. The molecule has 2 heterocycles. The minimum atomic E-state index is -0.318. The maximum Gasteiger partial charge on any atom is 0.282 e. The molecule has 0 unspecified atom stereocenters. The van der Waals surface area contributed by atoms with Gasteiger partial charge in [-0.2, -0.15) is 0 Å². The van der Waals surface area contributed by atoms with Crippen molar-refractivity contribution in [2.45, 2.75) is 26.8 Å². The van der Waals surface area contributed by atoms with E-state index in [1.807, 2.05) is 73.3 Å². The smallest absolute Gasteiger partial charge is 0.282 e. The van der Waals surface area contributed by atoms with Crippen molar-refractivity contribution in [3.05, 3.63) is 100 Å². The molecule has 2 amide bonds. The van der Waals surface area contributed by atoms with Gasteiger partial charge in [-0.15, -0.1) is 0 Å². The molecule has 5 rings (SSSR count). The molecular weight excluding hydrogens is 412 g/mol. The number of hydrogen-bond donors (Lipinski definition) is 0. The number of aryl methyl sites for hydroxylation is 2. The fourth-order valence-corrected chi connectivity index (χ4v) is 4.69. The first-order valence-electron chi connectivity index (χ1n) is 11.1. The molecule has 0 atom stereocenters.